The van der Waals surface area contributed by atoms with Crippen LogP contribution in [0.2, 0.25) is 10.0 Å². The topological polar surface area (TPSA) is 151 Å². The van der Waals surface area contributed by atoms with Crippen molar-refractivity contribution < 1.29 is 19.5 Å². The smallest absolute Gasteiger partial charge is 0.345 e. The number of nitrogens with two attached hydrogens (primary N) is 2. The van der Waals surface area contributed by atoms with E-state index in [4.69, 9.17) is 34.7 Å². The van der Waals surface area contributed by atoms with Gasteiger partial charge in [0.1, 0.15) is 0 Å². The Hall–Kier alpha value is -3.14. The van der Waals surface area contributed by atoms with Gasteiger partial charge in [0, 0.05) is 20.0 Å². The molecule has 2 rings (SSSR count). The van der Waals surface area contributed by atoms with Gasteiger partial charge in [0.05, 0.1) is 16.5 Å². The highest BCUT2D eigenvalue weighted by Crippen LogP contribution is 2.26. The van der Waals surface area contributed by atoms with Crippen LogP contribution >= 0.6 is 23.2 Å². The molecule has 11 heteroatoms. The van der Waals surface area contributed by atoms with Gasteiger partial charge in [-0.25, -0.2) is 4.79 Å². The molecular weight excluding hydrogens is 481 g/mol. The van der Waals surface area contributed by atoms with Gasteiger partial charge in [0.2, 0.25) is 11.8 Å². The van der Waals surface area contributed by atoms with E-state index < -0.39 is 23.4 Å². The van der Waals surface area contributed by atoms with Gasteiger partial charge in [-0.15, -0.1) is 0 Å². The van der Waals surface area contributed by atoms with E-state index in [1.165, 1.54) is 0 Å². The van der Waals surface area contributed by atoms with E-state index in [0.717, 1.165) is 11.8 Å². The summed E-state index contributed by atoms with van der Waals surface area (Å²) in [6.07, 6.45) is -0.112. The van der Waals surface area contributed by atoms with E-state index in [1.807, 2.05) is 0 Å². The van der Waals surface area contributed by atoms with Crippen LogP contribution < -0.4 is 16.8 Å². The van der Waals surface area contributed by atoms with Gasteiger partial charge in [-0.3, -0.25) is 24.8 Å². The normalized spacial score (nSPS) is 12.4. The van der Waals surface area contributed by atoms with Crippen molar-refractivity contribution >= 4 is 46.9 Å². The fraction of sp³-hybridized carbons (Fsp3) is 0.304. The highest BCUT2D eigenvalue weighted by molar-refractivity contribution is 6.42. The van der Waals surface area contributed by atoms with Crippen LogP contribution in [-0.2, 0) is 27.3 Å². The highest BCUT2D eigenvalue weighted by atomic mass is 35.5. The molecular formula is C23H27Cl2N5O4. The van der Waals surface area contributed by atoms with Crippen LogP contribution in [0, 0.1) is 0 Å². The second-order valence-corrected chi connectivity index (χ2v) is 8.40. The average molecular weight is 508 g/mol. The molecule has 0 spiro atoms. The Kier molecular flexibility index (Phi) is 9.85. The Bertz CT molecular complexity index is 1060. The number of guanidine groups is 1. The van der Waals surface area contributed by atoms with E-state index in [2.05, 4.69) is 10.3 Å². The van der Waals surface area contributed by atoms with E-state index >= 15 is 0 Å². The van der Waals surface area contributed by atoms with Crippen LogP contribution in [0.25, 0.3) is 0 Å². The van der Waals surface area contributed by atoms with Crippen molar-refractivity contribution in [2.24, 2.45) is 16.5 Å². The maximum Gasteiger partial charge on any atom is 0.345 e. The molecule has 0 unspecified atom stereocenters. The zero-order valence-electron chi connectivity index (χ0n) is 18.6. The predicted molar refractivity (Wildman–Crippen MR) is 131 cm³/mol. The molecule has 2 amide bonds. The lowest BCUT2D eigenvalue weighted by molar-refractivity contribution is -0.169. The second kappa shape index (κ2) is 12.4. The number of nitrogens with one attached hydrogen (secondary N) is 1. The summed E-state index contributed by atoms with van der Waals surface area (Å²) in [4.78, 5) is 43.2. The van der Waals surface area contributed by atoms with Gasteiger partial charge in [-0.1, -0.05) is 59.6 Å². The Morgan fingerprint density at radius 1 is 1.06 bits per heavy atom. The summed E-state index contributed by atoms with van der Waals surface area (Å²) in [6, 6.07) is 13.6. The van der Waals surface area contributed by atoms with Crippen molar-refractivity contribution in [3.05, 3.63) is 69.7 Å². The van der Waals surface area contributed by atoms with Crippen LogP contribution in [0.1, 0.15) is 30.9 Å². The lowest BCUT2D eigenvalue weighted by Gasteiger charge is -2.39. The molecule has 0 saturated heterocycles. The first-order valence-electron chi connectivity index (χ1n) is 10.4. The van der Waals surface area contributed by atoms with Crippen molar-refractivity contribution in [1.29, 1.82) is 0 Å². The summed E-state index contributed by atoms with van der Waals surface area (Å²) in [6.45, 7) is 1.26. The largest absolute Gasteiger partial charge is 0.478 e. The Morgan fingerprint density at radius 3 is 2.29 bits per heavy atom. The molecule has 34 heavy (non-hydrogen) atoms. The predicted octanol–water partition coefficient (Wildman–Crippen LogP) is 2.54. The quantitative estimate of drug-likeness (QED) is 0.158. The number of halogens is 2. The summed E-state index contributed by atoms with van der Waals surface area (Å²) in [7, 11) is 0. The number of rotatable bonds is 11. The molecule has 9 nitrogen and oxygen atoms in total. The van der Waals surface area contributed by atoms with Crippen LogP contribution in [0.15, 0.2) is 53.5 Å². The number of amides is 2. The van der Waals surface area contributed by atoms with Gasteiger partial charge < -0.3 is 16.6 Å². The van der Waals surface area contributed by atoms with Gasteiger partial charge in [-0.2, -0.15) is 0 Å². The first-order chi connectivity index (χ1) is 16.1. The number of hydrogen-bond donors (Lipinski definition) is 4. The number of carboxylic acids is 1. The Labute approximate surface area is 207 Å². The maximum absolute atomic E-state index is 13.3. The zero-order chi connectivity index (χ0) is 25.3. The SMILES string of the molecule is CC(=O)N(C(=O)Cc1ccccc1)[C@](CCCN=C(N)N)(NCc1ccc(Cl)c(Cl)c1)C(=O)O. The van der Waals surface area contributed by atoms with E-state index in [1.54, 1.807) is 48.5 Å². The average Bonchev–Trinajstić information content (AvgIpc) is 2.77. The molecule has 6 N–H and O–H groups in total. The molecule has 0 heterocycles. The number of aliphatic imine (C=N–C) groups is 1. The second-order valence-electron chi connectivity index (χ2n) is 7.59. The minimum atomic E-state index is -2.05. The third-order valence-electron chi connectivity index (χ3n) is 5.06. The molecule has 1 atom stereocenters. The molecule has 0 aromatic heterocycles. The first-order valence-corrected chi connectivity index (χ1v) is 11.2. The minimum absolute atomic E-state index is 0.00607. The fourth-order valence-electron chi connectivity index (χ4n) is 3.51. The van der Waals surface area contributed by atoms with Crippen LogP contribution in [-0.4, -0.2) is 46.0 Å². The van der Waals surface area contributed by atoms with Gasteiger partial charge in [-0.05, 0) is 36.1 Å². The maximum atomic E-state index is 13.3. The molecule has 0 aliphatic heterocycles. The summed E-state index contributed by atoms with van der Waals surface area (Å²) in [5.74, 6) is -2.92. The molecule has 0 aliphatic carbocycles. The van der Waals surface area contributed by atoms with Gasteiger partial charge >= 0.3 is 5.97 Å². The van der Waals surface area contributed by atoms with Crippen molar-refractivity contribution in [2.75, 3.05) is 6.54 Å². The van der Waals surface area contributed by atoms with Crippen LogP contribution in [0.4, 0.5) is 0 Å². The van der Waals surface area contributed by atoms with Crippen molar-refractivity contribution in [3.8, 4) is 0 Å². The van der Waals surface area contributed by atoms with Gasteiger partial charge in [0.25, 0.3) is 0 Å². The summed E-state index contributed by atoms with van der Waals surface area (Å²) in [5.41, 5.74) is 9.92. The molecule has 2 aromatic carbocycles. The number of carbonyl (C=O) groups excluding carboxylic acids is 2. The third-order valence-corrected chi connectivity index (χ3v) is 5.80. The number of imide groups is 1. The number of aliphatic carboxylic acids is 1. The molecule has 2 aromatic rings. The molecule has 182 valence electrons. The van der Waals surface area contributed by atoms with Crippen molar-refractivity contribution in [3.63, 3.8) is 0 Å². The summed E-state index contributed by atoms with van der Waals surface area (Å²) in [5, 5.41) is 13.8. The summed E-state index contributed by atoms with van der Waals surface area (Å²) < 4.78 is 0. The van der Waals surface area contributed by atoms with Crippen LogP contribution in [0.3, 0.4) is 0 Å². The fourth-order valence-corrected chi connectivity index (χ4v) is 3.83. The third kappa shape index (κ3) is 7.18. The Balaban J connectivity index is 2.43. The summed E-state index contributed by atoms with van der Waals surface area (Å²) >= 11 is 12.0. The number of benzene rings is 2. The monoisotopic (exact) mass is 507 g/mol. The lowest BCUT2D eigenvalue weighted by Crippen LogP contribution is -2.67. The van der Waals surface area contributed by atoms with Gasteiger partial charge in [0.15, 0.2) is 11.6 Å². The molecule has 0 fully saturated rings. The zero-order valence-corrected chi connectivity index (χ0v) is 20.1. The highest BCUT2D eigenvalue weighted by Gasteiger charge is 2.48. The van der Waals surface area contributed by atoms with Crippen molar-refractivity contribution in [1.82, 2.24) is 10.2 Å². The van der Waals surface area contributed by atoms with E-state index in [-0.39, 0.29) is 38.3 Å². The first kappa shape index (κ1) is 27.1. The Morgan fingerprint density at radius 2 is 1.74 bits per heavy atom. The van der Waals surface area contributed by atoms with Crippen LogP contribution in [0.5, 0.6) is 0 Å². The number of carbonyl (C=O) groups is 3. The number of nitrogens with zero attached hydrogens (tertiary/aromatic N) is 2. The molecule has 0 saturated carbocycles. The molecule has 0 aliphatic rings. The molecule has 0 bridgehead atoms. The van der Waals surface area contributed by atoms with Crippen molar-refractivity contribution in [2.45, 2.75) is 38.4 Å². The lowest BCUT2D eigenvalue weighted by atomic mass is 9.98. The number of carboxylic acid groups (broad SMARTS) is 1. The number of hydrogen-bond acceptors (Lipinski definition) is 5. The minimum Gasteiger partial charge on any atom is -0.478 e. The molecule has 0 radical (unpaired) electrons. The van der Waals surface area contributed by atoms with E-state index in [0.29, 0.717) is 21.2 Å². The standard InChI is InChI=1S/C23H27Cl2N5O4/c1-15(31)30(20(32)13-16-6-3-2-4-7-16)23(21(33)34,10-5-11-28-22(26)27)29-14-17-8-9-18(24)19(25)12-17/h2-4,6-9,12,29H,5,10-11,13-14H2,1H3,(H,33,34)(H4,26,27,28)/t23-/m0/s1. The van der Waals surface area contributed by atoms with E-state index in [9.17, 15) is 19.5 Å².